The lowest BCUT2D eigenvalue weighted by atomic mass is 9.46. The molecule has 1 N–H and O–H groups in total. The Morgan fingerprint density at radius 2 is 1.90 bits per heavy atom. The fraction of sp³-hybridized carbons (Fsp3) is 0.560. The second-order valence-corrected chi connectivity index (χ2v) is 9.90. The number of hydrogen-bond donors (Lipinski definition) is 1. The molecule has 0 heterocycles. The van der Waals surface area contributed by atoms with Crippen LogP contribution in [-0.4, -0.2) is 34.3 Å². The van der Waals surface area contributed by atoms with Crippen LogP contribution in [0.2, 0.25) is 0 Å². The Morgan fingerprint density at radius 1 is 1.23 bits per heavy atom. The normalized spacial score (nSPS) is 44.7. The van der Waals surface area contributed by atoms with E-state index < -0.39 is 28.5 Å². The fourth-order valence-electron chi connectivity index (χ4n) is 7.19. The maximum Gasteiger partial charge on any atom is 0.303 e. The summed E-state index contributed by atoms with van der Waals surface area (Å²) in [5.41, 5.74) is -0.597. The van der Waals surface area contributed by atoms with Crippen molar-refractivity contribution in [1.82, 2.24) is 0 Å². The summed E-state index contributed by atoms with van der Waals surface area (Å²) in [4.78, 5) is 37.1. The van der Waals surface area contributed by atoms with Crippen LogP contribution in [0.1, 0.15) is 47.0 Å². The highest BCUT2D eigenvalue weighted by Crippen LogP contribution is 2.67. The van der Waals surface area contributed by atoms with Crippen LogP contribution in [-0.2, 0) is 19.1 Å². The molecule has 5 nitrogen and oxygen atoms in total. The Hall–Kier alpha value is -2.27. The van der Waals surface area contributed by atoms with Crippen molar-refractivity contribution in [3.05, 3.63) is 48.1 Å². The smallest absolute Gasteiger partial charge is 0.303 e. The molecule has 4 aliphatic rings. The molecule has 2 fully saturated rings. The Balaban J connectivity index is 1.85. The Kier molecular flexibility index (Phi) is 4.45. The summed E-state index contributed by atoms with van der Waals surface area (Å²) < 4.78 is 5.73. The van der Waals surface area contributed by atoms with Crippen LogP contribution in [0.4, 0.5) is 0 Å². The fourth-order valence-corrected chi connectivity index (χ4v) is 7.19. The van der Waals surface area contributed by atoms with Crippen LogP contribution in [0.25, 0.3) is 0 Å². The van der Waals surface area contributed by atoms with Crippen LogP contribution < -0.4 is 0 Å². The molecule has 4 aliphatic carbocycles. The minimum Gasteiger partial charge on any atom is -0.451 e. The molecule has 7 atom stereocenters. The van der Waals surface area contributed by atoms with E-state index in [-0.39, 0.29) is 29.3 Å². The molecule has 0 aromatic rings. The SMILES string of the molecule is C=C1C(=C)[C@@]2(C)C(=CC1=O)C=C[C@@H]1[C@@H]2C(O)C[C@@]2(C)[C@H]1CC[C@]2(OC(C)=O)C(C)=O. The molecule has 0 saturated heterocycles. The van der Waals surface area contributed by atoms with Gasteiger partial charge in [0.15, 0.2) is 17.2 Å². The van der Waals surface area contributed by atoms with Gasteiger partial charge >= 0.3 is 5.97 Å². The molecule has 1 unspecified atom stereocenters. The third kappa shape index (κ3) is 2.36. The van der Waals surface area contributed by atoms with E-state index in [4.69, 9.17) is 4.74 Å². The van der Waals surface area contributed by atoms with Gasteiger partial charge in [0.25, 0.3) is 0 Å². The summed E-state index contributed by atoms with van der Waals surface area (Å²) in [7, 11) is 0. The maximum absolute atomic E-state index is 12.8. The number of aliphatic hydroxyl groups is 1. The van der Waals surface area contributed by atoms with E-state index in [0.29, 0.717) is 24.0 Å². The number of carbonyl (C=O) groups excluding carboxylic acids is 3. The van der Waals surface area contributed by atoms with Crippen molar-refractivity contribution < 1.29 is 24.2 Å². The van der Waals surface area contributed by atoms with Gasteiger partial charge in [0.1, 0.15) is 0 Å². The zero-order valence-electron chi connectivity index (χ0n) is 18.2. The van der Waals surface area contributed by atoms with Gasteiger partial charge in [-0.3, -0.25) is 14.4 Å². The molecule has 0 radical (unpaired) electrons. The molecule has 160 valence electrons. The zero-order valence-corrected chi connectivity index (χ0v) is 18.2. The first kappa shape index (κ1) is 21.0. The van der Waals surface area contributed by atoms with Gasteiger partial charge in [-0.25, -0.2) is 0 Å². The van der Waals surface area contributed by atoms with Gasteiger partial charge in [-0.15, -0.1) is 0 Å². The minimum absolute atomic E-state index is 0.0320. The van der Waals surface area contributed by atoms with Gasteiger partial charge in [-0.2, -0.15) is 0 Å². The molecule has 0 spiro atoms. The molecule has 0 aliphatic heterocycles. The standard InChI is InChI=1S/C25H30O5/c1-13-14(2)24(6)17(11-20(13)28)7-8-18-19-9-10-25(15(3)26,30-16(4)27)23(19,5)12-21(29)22(18)24/h7-8,11,18-19,21-22,29H,1-2,9-10,12H2,3-6H3/t18-,19-,21?,22+,23-,24-,25-/m0/s1. The van der Waals surface area contributed by atoms with E-state index >= 15 is 0 Å². The largest absolute Gasteiger partial charge is 0.451 e. The molecule has 30 heavy (non-hydrogen) atoms. The summed E-state index contributed by atoms with van der Waals surface area (Å²) in [6, 6.07) is 0. The monoisotopic (exact) mass is 410 g/mol. The second-order valence-electron chi connectivity index (χ2n) is 9.90. The number of fused-ring (bicyclic) bond motifs is 5. The number of ketones is 2. The van der Waals surface area contributed by atoms with Gasteiger partial charge in [-0.05, 0) is 55.2 Å². The lowest BCUT2D eigenvalue weighted by molar-refractivity contribution is -0.192. The highest BCUT2D eigenvalue weighted by molar-refractivity contribution is 6.09. The van der Waals surface area contributed by atoms with Crippen molar-refractivity contribution in [1.29, 1.82) is 0 Å². The molecule has 0 amide bonds. The van der Waals surface area contributed by atoms with E-state index in [9.17, 15) is 19.5 Å². The summed E-state index contributed by atoms with van der Waals surface area (Å²) in [6.45, 7) is 15.0. The van der Waals surface area contributed by atoms with Gasteiger partial charge in [0.05, 0.1) is 6.10 Å². The van der Waals surface area contributed by atoms with Crippen molar-refractivity contribution in [2.75, 3.05) is 0 Å². The van der Waals surface area contributed by atoms with Crippen molar-refractivity contribution in [2.24, 2.45) is 28.6 Å². The van der Waals surface area contributed by atoms with E-state index in [0.717, 1.165) is 12.0 Å². The van der Waals surface area contributed by atoms with Crippen LogP contribution in [0.5, 0.6) is 0 Å². The Labute approximate surface area is 177 Å². The summed E-state index contributed by atoms with van der Waals surface area (Å²) in [5, 5.41) is 11.5. The number of rotatable bonds is 2. The number of Topliss-reactive ketones (excluding diaryl/α,β-unsaturated/α-hetero) is 1. The van der Waals surface area contributed by atoms with Gasteiger partial charge in [0, 0.05) is 29.2 Å². The first-order valence-corrected chi connectivity index (χ1v) is 10.6. The highest BCUT2D eigenvalue weighted by atomic mass is 16.6. The quantitative estimate of drug-likeness (QED) is 0.557. The van der Waals surface area contributed by atoms with Crippen molar-refractivity contribution in [2.45, 2.75) is 58.7 Å². The molecule has 2 saturated carbocycles. The third-order valence-corrected chi connectivity index (χ3v) is 8.70. The molecule has 0 bridgehead atoms. The molecule has 4 rings (SSSR count). The van der Waals surface area contributed by atoms with Gasteiger partial charge in [-0.1, -0.05) is 39.2 Å². The van der Waals surface area contributed by atoms with Crippen LogP contribution >= 0.6 is 0 Å². The molecular weight excluding hydrogens is 380 g/mol. The number of ether oxygens (including phenoxy) is 1. The number of carbonyl (C=O) groups is 3. The first-order chi connectivity index (χ1) is 13.9. The predicted octanol–water partition coefficient (Wildman–Crippen LogP) is 3.49. The summed E-state index contributed by atoms with van der Waals surface area (Å²) in [6.07, 6.45) is 6.42. The summed E-state index contributed by atoms with van der Waals surface area (Å²) >= 11 is 0. The van der Waals surface area contributed by atoms with E-state index in [1.54, 1.807) is 6.08 Å². The molecule has 5 heteroatoms. The number of hydrogen-bond acceptors (Lipinski definition) is 5. The number of esters is 1. The predicted molar refractivity (Wildman–Crippen MR) is 112 cm³/mol. The maximum atomic E-state index is 12.8. The van der Waals surface area contributed by atoms with E-state index in [1.807, 2.05) is 19.9 Å². The Bertz CT molecular complexity index is 955. The van der Waals surface area contributed by atoms with E-state index in [1.165, 1.54) is 13.8 Å². The number of allylic oxidation sites excluding steroid dienone is 6. The number of aliphatic hydroxyl groups excluding tert-OH is 1. The molecule has 0 aromatic carbocycles. The van der Waals surface area contributed by atoms with Crippen LogP contribution in [0, 0.1) is 28.6 Å². The Morgan fingerprint density at radius 3 is 2.50 bits per heavy atom. The average molecular weight is 411 g/mol. The lowest BCUT2D eigenvalue weighted by Gasteiger charge is -2.59. The van der Waals surface area contributed by atoms with E-state index in [2.05, 4.69) is 19.2 Å². The van der Waals surface area contributed by atoms with Crippen LogP contribution in [0.3, 0.4) is 0 Å². The summed E-state index contributed by atoms with van der Waals surface area (Å²) in [5.74, 6) is -0.948. The van der Waals surface area contributed by atoms with Gasteiger partial charge in [0.2, 0.25) is 0 Å². The highest BCUT2D eigenvalue weighted by Gasteiger charge is 2.69. The molecular formula is C25H30O5. The van der Waals surface area contributed by atoms with Gasteiger partial charge < -0.3 is 9.84 Å². The minimum atomic E-state index is -1.22. The van der Waals surface area contributed by atoms with Crippen molar-refractivity contribution >= 4 is 17.5 Å². The topological polar surface area (TPSA) is 80.7 Å². The second kappa shape index (κ2) is 6.36. The van der Waals surface area contributed by atoms with Crippen molar-refractivity contribution in [3.8, 4) is 0 Å². The third-order valence-electron chi connectivity index (χ3n) is 8.70. The van der Waals surface area contributed by atoms with Crippen LogP contribution in [0.15, 0.2) is 48.1 Å². The zero-order chi connectivity index (χ0) is 22.2. The first-order valence-electron chi connectivity index (χ1n) is 10.6. The average Bonchev–Trinajstić information content (AvgIpc) is 2.93. The molecule has 0 aromatic heterocycles. The lowest BCUT2D eigenvalue weighted by Crippen LogP contribution is -2.62. The van der Waals surface area contributed by atoms with Crippen molar-refractivity contribution in [3.63, 3.8) is 0 Å².